The molecule has 0 unspecified atom stereocenters. The van der Waals surface area contributed by atoms with E-state index in [0.29, 0.717) is 0 Å². The fourth-order valence-electron chi connectivity index (χ4n) is 12.0. The third-order valence-corrected chi connectivity index (χ3v) is 15.2. The van der Waals surface area contributed by atoms with Gasteiger partial charge in [-0.05, 0) is 165 Å². The third kappa shape index (κ3) is 6.08. The highest BCUT2D eigenvalue weighted by molar-refractivity contribution is 6.16. The second-order valence-corrected chi connectivity index (χ2v) is 20.6. The van der Waals surface area contributed by atoms with E-state index < -0.39 is 0 Å². The molecule has 0 radical (unpaired) electrons. The Labute approximate surface area is 417 Å². The Bertz CT molecular complexity index is 4140. The molecule has 0 aliphatic heterocycles. The molecule has 0 amide bonds. The average molecular weight is 929 g/mol. The van der Waals surface area contributed by atoms with Crippen molar-refractivity contribution >= 4 is 87.2 Å². The zero-order chi connectivity index (χ0) is 48.8. The summed E-state index contributed by atoms with van der Waals surface area (Å²) in [5.74, 6) is 1.62. The molecular formula is C66H52N6. The van der Waals surface area contributed by atoms with Crippen LogP contribution in [-0.2, 0) is 0 Å². The number of benzene rings is 8. The van der Waals surface area contributed by atoms with Crippen LogP contribution >= 0.6 is 0 Å². The number of rotatable bonds is 5. The summed E-state index contributed by atoms with van der Waals surface area (Å²) >= 11 is 0. The maximum atomic E-state index is 6.40. The lowest BCUT2D eigenvalue weighted by molar-refractivity contribution is 0.958. The van der Waals surface area contributed by atoms with E-state index in [4.69, 9.17) is 9.97 Å². The molecule has 0 atom stereocenters. The Hall–Kier alpha value is -8.74. The van der Waals surface area contributed by atoms with Crippen molar-refractivity contribution in [3.8, 4) is 34.3 Å². The first-order valence-corrected chi connectivity index (χ1v) is 25.1. The van der Waals surface area contributed by atoms with Gasteiger partial charge in [0, 0.05) is 49.3 Å². The van der Waals surface area contributed by atoms with E-state index in [9.17, 15) is 0 Å². The molecule has 346 valence electrons. The van der Waals surface area contributed by atoms with E-state index in [1.807, 2.05) is 12.3 Å². The third-order valence-electron chi connectivity index (χ3n) is 15.2. The van der Waals surface area contributed by atoms with Crippen molar-refractivity contribution in [2.75, 3.05) is 0 Å². The smallest absolute Gasteiger partial charge is 0.165 e. The molecule has 0 saturated carbocycles. The number of fused-ring (bicyclic) bond motifs is 12. The van der Waals surface area contributed by atoms with E-state index in [1.54, 1.807) is 0 Å². The molecule has 0 aliphatic rings. The highest BCUT2D eigenvalue weighted by Crippen LogP contribution is 2.49. The molecule has 0 fully saturated rings. The second kappa shape index (κ2) is 15.4. The fraction of sp³-hybridized carbons (Fsp3) is 0.121. The summed E-state index contributed by atoms with van der Waals surface area (Å²) in [6, 6.07) is 61.5. The summed E-state index contributed by atoms with van der Waals surface area (Å²) in [7, 11) is 0. The van der Waals surface area contributed by atoms with Crippen molar-refractivity contribution in [3.63, 3.8) is 0 Å². The van der Waals surface area contributed by atoms with Crippen LogP contribution in [0.15, 0.2) is 170 Å². The van der Waals surface area contributed by atoms with Crippen LogP contribution in [0.25, 0.3) is 121 Å². The summed E-state index contributed by atoms with van der Waals surface area (Å²) in [5.41, 5.74) is 22.1. The van der Waals surface area contributed by atoms with Crippen LogP contribution in [0.3, 0.4) is 0 Å². The largest absolute Gasteiger partial charge is 0.305 e. The lowest BCUT2D eigenvalue weighted by Gasteiger charge is -2.26. The minimum absolute atomic E-state index is 0.809. The molecular weight excluding hydrogens is 877 g/mol. The Balaban J connectivity index is 1.33. The van der Waals surface area contributed by atoms with Gasteiger partial charge in [0.2, 0.25) is 0 Å². The molecule has 0 bridgehead atoms. The highest BCUT2D eigenvalue weighted by Gasteiger charge is 2.33. The summed E-state index contributed by atoms with van der Waals surface area (Å²) in [5, 5.41) is 9.55. The van der Waals surface area contributed by atoms with Gasteiger partial charge in [-0.2, -0.15) is 0 Å². The normalized spacial score (nSPS) is 12.2. The standard InChI is InChI=1S/C66H52N6/c1-37-12-20-54-45(29-37)46-30-38(2)13-21-55(46)69(54)63-62(53-11-9-10-28-67-53)64(70-56-22-14-39(3)31-47(56)48-32-40(4)15-23-57(48)70)66(72-60-26-18-43(7)35-51(60)52-36-44(8)19-27-61(52)72)68-65(63)71-58-24-16-41(5)33-49(58)50-34-42(6)17-25-59(50)71/h9-36H,1-8H3. The number of hydrogen-bond acceptors (Lipinski definition) is 2. The zero-order valence-corrected chi connectivity index (χ0v) is 41.8. The summed E-state index contributed by atoms with van der Waals surface area (Å²) in [6.07, 6.45) is 1.94. The van der Waals surface area contributed by atoms with Gasteiger partial charge < -0.3 is 9.13 Å². The number of aryl methyl sites for hydroxylation is 8. The van der Waals surface area contributed by atoms with Gasteiger partial charge in [-0.1, -0.05) is 99.1 Å². The Morgan fingerprint density at radius 1 is 0.278 bits per heavy atom. The van der Waals surface area contributed by atoms with Gasteiger partial charge in [0.1, 0.15) is 11.4 Å². The molecule has 6 aromatic heterocycles. The van der Waals surface area contributed by atoms with E-state index in [-0.39, 0.29) is 0 Å². The molecule has 6 heterocycles. The van der Waals surface area contributed by atoms with Crippen molar-refractivity contribution in [3.05, 3.63) is 214 Å². The lowest BCUT2D eigenvalue weighted by Crippen LogP contribution is -2.16. The van der Waals surface area contributed by atoms with Gasteiger partial charge in [0.15, 0.2) is 11.6 Å². The number of pyridine rings is 2. The van der Waals surface area contributed by atoms with Crippen LogP contribution in [0.2, 0.25) is 0 Å². The Morgan fingerprint density at radius 3 is 0.764 bits per heavy atom. The summed E-state index contributed by atoms with van der Waals surface area (Å²) in [6.45, 7) is 17.5. The number of hydrogen-bond donors (Lipinski definition) is 0. The molecule has 0 N–H and O–H groups in total. The van der Waals surface area contributed by atoms with Crippen molar-refractivity contribution in [1.29, 1.82) is 0 Å². The predicted molar refractivity (Wildman–Crippen MR) is 303 cm³/mol. The van der Waals surface area contributed by atoms with Gasteiger partial charge in [0.25, 0.3) is 0 Å². The fourth-order valence-corrected chi connectivity index (χ4v) is 12.0. The van der Waals surface area contributed by atoms with Crippen LogP contribution in [0, 0.1) is 55.4 Å². The first-order chi connectivity index (χ1) is 35.0. The van der Waals surface area contributed by atoms with Crippen LogP contribution < -0.4 is 0 Å². The maximum Gasteiger partial charge on any atom is 0.165 e. The van der Waals surface area contributed by atoms with Crippen molar-refractivity contribution in [2.45, 2.75) is 55.4 Å². The SMILES string of the molecule is Cc1ccc2c(c1)c1cc(C)ccc1n2-c1nc(-n2c3ccc(C)cc3c3cc(C)ccc32)c(-n2c3ccc(C)cc3c3cc(C)ccc32)c(-c2ccccn2)c1-n1c2ccc(C)cc2c2cc(C)ccc21. The molecule has 6 nitrogen and oxygen atoms in total. The highest BCUT2D eigenvalue weighted by atomic mass is 15.2. The van der Waals surface area contributed by atoms with Gasteiger partial charge in [-0.15, -0.1) is 0 Å². The Morgan fingerprint density at radius 2 is 0.528 bits per heavy atom. The average Bonchev–Trinajstić information content (AvgIpc) is 4.07. The van der Waals surface area contributed by atoms with Gasteiger partial charge in [-0.3, -0.25) is 14.1 Å². The van der Waals surface area contributed by atoms with Crippen molar-refractivity contribution in [1.82, 2.24) is 28.2 Å². The molecule has 6 heteroatoms. The predicted octanol–water partition coefficient (Wildman–Crippen LogP) is 17.0. The molecule has 8 aromatic carbocycles. The molecule has 72 heavy (non-hydrogen) atoms. The zero-order valence-electron chi connectivity index (χ0n) is 41.8. The summed E-state index contributed by atoms with van der Waals surface area (Å²) < 4.78 is 9.90. The Kier molecular flexibility index (Phi) is 9.01. The number of aromatic nitrogens is 6. The quantitative estimate of drug-likeness (QED) is 0.173. The maximum absolute atomic E-state index is 6.40. The topological polar surface area (TPSA) is 45.5 Å². The van der Waals surface area contributed by atoms with E-state index in [0.717, 1.165) is 78.4 Å². The second-order valence-electron chi connectivity index (χ2n) is 20.6. The van der Waals surface area contributed by atoms with Crippen molar-refractivity contribution in [2.24, 2.45) is 0 Å². The minimum atomic E-state index is 0.809. The first-order valence-electron chi connectivity index (χ1n) is 25.1. The summed E-state index contributed by atoms with van der Waals surface area (Å²) in [4.78, 5) is 11.8. The van der Waals surface area contributed by atoms with Crippen LogP contribution in [0.4, 0.5) is 0 Å². The van der Waals surface area contributed by atoms with Gasteiger partial charge >= 0.3 is 0 Å². The molecule has 0 spiro atoms. The van der Waals surface area contributed by atoms with Gasteiger partial charge in [0.05, 0.1) is 55.4 Å². The molecule has 14 rings (SSSR count). The monoisotopic (exact) mass is 928 g/mol. The van der Waals surface area contributed by atoms with Crippen LogP contribution in [0.1, 0.15) is 44.5 Å². The van der Waals surface area contributed by atoms with Crippen LogP contribution in [0.5, 0.6) is 0 Å². The van der Waals surface area contributed by atoms with E-state index in [2.05, 4.69) is 231 Å². The van der Waals surface area contributed by atoms with E-state index in [1.165, 1.54) is 87.6 Å². The first kappa shape index (κ1) is 42.2. The lowest BCUT2D eigenvalue weighted by atomic mass is 10.0. The van der Waals surface area contributed by atoms with Crippen LogP contribution in [-0.4, -0.2) is 28.2 Å². The minimum Gasteiger partial charge on any atom is -0.305 e. The van der Waals surface area contributed by atoms with Crippen molar-refractivity contribution < 1.29 is 0 Å². The molecule has 14 aromatic rings. The molecule has 0 saturated heterocycles. The molecule has 0 aliphatic carbocycles. The van der Waals surface area contributed by atoms with Gasteiger partial charge in [-0.25, -0.2) is 4.98 Å². The number of nitrogens with zero attached hydrogens (tertiary/aromatic N) is 6. The van der Waals surface area contributed by atoms with E-state index >= 15 is 0 Å².